The summed E-state index contributed by atoms with van der Waals surface area (Å²) in [7, 11) is 2.13. The lowest BCUT2D eigenvalue weighted by Crippen LogP contribution is -1.77. The van der Waals surface area contributed by atoms with Crippen LogP contribution < -0.4 is 0 Å². The Bertz CT molecular complexity index is 131. The Hall–Kier alpha value is -0.785. The highest BCUT2D eigenvalue weighted by molar-refractivity contribution is 6.14. The molecule has 0 aliphatic carbocycles. The summed E-state index contributed by atoms with van der Waals surface area (Å²) in [5.41, 5.74) is 0. The maximum absolute atomic E-state index is 3.93. The number of allylic oxidation sites excluding steroid dienone is 3. The summed E-state index contributed by atoms with van der Waals surface area (Å²) >= 11 is 0. The van der Waals surface area contributed by atoms with E-state index >= 15 is 0 Å². The van der Waals surface area contributed by atoms with Crippen LogP contribution in [0.1, 0.15) is 0 Å². The van der Waals surface area contributed by atoms with E-state index in [0.29, 0.717) is 5.82 Å². The van der Waals surface area contributed by atoms with Crippen molar-refractivity contribution in [3.8, 4) is 0 Å². The average molecular weight is 105 g/mol. The molecule has 0 aromatic heterocycles. The molecule has 1 heterocycles. The quantitative estimate of drug-likeness (QED) is 0.399. The summed E-state index contributed by atoms with van der Waals surface area (Å²) < 4.78 is 0. The smallest absolute Gasteiger partial charge is 0.115 e. The Kier molecular flexibility index (Phi) is 1.68. The number of aliphatic imine (C=N–C) groups is 1. The molecule has 0 radical (unpaired) electrons. The van der Waals surface area contributed by atoms with Crippen molar-refractivity contribution in [2.24, 2.45) is 4.99 Å². The van der Waals surface area contributed by atoms with Gasteiger partial charge in [-0.05, 0) is 11.9 Å². The molecule has 0 bridgehead atoms. The second-order valence-electron chi connectivity index (χ2n) is 1.88. The van der Waals surface area contributed by atoms with Crippen molar-refractivity contribution in [1.82, 2.24) is 0 Å². The zero-order valence-corrected chi connectivity index (χ0v) is 4.91. The van der Waals surface area contributed by atoms with Gasteiger partial charge in [-0.15, -0.1) is 0 Å². The molecule has 0 spiro atoms. The van der Waals surface area contributed by atoms with Gasteiger partial charge >= 0.3 is 0 Å². The molecule has 0 amide bonds. The van der Waals surface area contributed by atoms with Crippen LogP contribution in [0.2, 0.25) is 5.82 Å². The summed E-state index contributed by atoms with van der Waals surface area (Å²) in [6, 6.07) is 0. The molecular formula is C6H8BN. The molecule has 2 heteroatoms. The van der Waals surface area contributed by atoms with Gasteiger partial charge in [-0.2, -0.15) is 0 Å². The predicted molar refractivity (Wildman–Crippen MR) is 39.1 cm³/mol. The minimum Gasteiger partial charge on any atom is -0.265 e. The summed E-state index contributed by atoms with van der Waals surface area (Å²) in [4.78, 5) is 3.93. The lowest BCUT2D eigenvalue weighted by atomic mass is 9.87. The monoisotopic (exact) mass is 105 g/mol. The Labute approximate surface area is 50.2 Å². The molecular weight excluding hydrogens is 96.9 g/mol. The van der Waals surface area contributed by atoms with Gasteiger partial charge in [0.15, 0.2) is 0 Å². The first-order chi connectivity index (χ1) is 3.89. The van der Waals surface area contributed by atoms with Crippen LogP contribution in [-0.2, 0) is 0 Å². The Morgan fingerprint density at radius 3 is 3.12 bits per heavy atom. The van der Waals surface area contributed by atoms with E-state index in [1.165, 1.54) is 0 Å². The molecule has 1 aliphatic rings. The highest BCUT2D eigenvalue weighted by Gasteiger charge is 1.88. The molecule has 8 heavy (non-hydrogen) atoms. The van der Waals surface area contributed by atoms with Crippen LogP contribution in [0.15, 0.2) is 29.4 Å². The molecule has 1 rings (SSSR count). The van der Waals surface area contributed by atoms with E-state index in [9.17, 15) is 0 Å². The maximum atomic E-state index is 3.93. The molecule has 0 aromatic rings. The average Bonchev–Trinajstić information content (AvgIpc) is 1.94. The molecule has 0 saturated carbocycles. The first-order valence-electron chi connectivity index (χ1n) is 2.76. The molecule has 1 unspecified atom stereocenters. The van der Waals surface area contributed by atoms with Gasteiger partial charge in [0, 0.05) is 12.4 Å². The number of hydrogen-bond donors (Lipinski definition) is 0. The van der Waals surface area contributed by atoms with Gasteiger partial charge in [0.1, 0.15) is 7.85 Å². The van der Waals surface area contributed by atoms with E-state index in [1.807, 2.05) is 12.3 Å². The van der Waals surface area contributed by atoms with Gasteiger partial charge < -0.3 is 0 Å². The Balaban J connectivity index is 2.66. The lowest BCUT2D eigenvalue weighted by molar-refractivity contribution is 1.37. The molecule has 0 fully saturated rings. The second-order valence-corrected chi connectivity index (χ2v) is 1.88. The fourth-order valence-corrected chi connectivity index (χ4v) is 0.574. The fourth-order valence-electron chi connectivity index (χ4n) is 0.574. The summed E-state index contributed by atoms with van der Waals surface area (Å²) in [6.07, 6.45) is 9.74. The molecule has 0 N–H and O–H groups in total. The topological polar surface area (TPSA) is 12.4 Å². The standard InChI is InChI=1S/C6H8BN/c7-6-2-1-4-8-5-3-6/h1-6H,7H2. The van der Waals surface area contributed by atoms with Crippen molar-refractivity contribution in [1.29, 1.82) is 0 Å². The van der Waals surface area contributed by atoms with E-state index in [2.05, 4.69) is 25.0 Å². The predicted octanol–water partition coefficient (Wildman–Crippen LogP) is 0.562. The molecule has 1 aliphatic heterocycles. The van der Waals surface area contributed by atoms with E-state index in [-0.39, 0.29) is 0 Å². The van der Waals surface area contributed by atoms with E-state index < -0.39 is 0 Å². The molecule has 1 nitrogen and oxygen atoms in total. The maximum Gasteiger partial charge on any atom is 0.115 e. The van der Waals surface area contributed by atoms with Crippen LogP contribution >= 0.6 is 0 Å². The summed E-state index contributed by atoms with van der Waals surface area (Å²) in [6.45, 7) is 0. The van der Waals surface area contributed by atoms with Gasteiger partial charge in [0.25, 0.3) is 0 Å². The first kappa shape index (κ1) is 5.35. The van der Waals surface area contributed by atoms with Crippen molar-refractivity contribution >= 4 is 14.1 Å². The highest BCUT2D eigenvalue weighted by atomic mass is 14.7. The van der Waals surface area contributed by atoms with E-state index in [1.54, 1.807) is 6.21 Å². The van der Waals surface area contributed by atoms with Crippen molar-refractivity contribution in [2.45, 2.75) is 5.82 Å². The lowest BCUT2D eigenvalue weighted by Gasteiger charge is -1.89. The van der Waals surface area contributed by atoms with Gasteiger partial charge in [-0.3, -0.25) is 4.99 Å². The SMILES string of the molecule is BC1C=CC=NC=C1. The molecule has 1 atom stereocenters. The van der Waals surface area contributed by atoms with E-state index in [0.717, 1.165) is 0 Å². The van der Waals surface area contributed by atoms with Crippen molar-refractivity contribution in [2.75, 3.05) is 0 Å². The second kappa shape index (κ2) is 2.50. The molecule has 40 valence electrons. The van der Waals surface area contributed by atoms with Gasteiger partial charge in [0.05, 0.1) is 0 Å². The summed E-state index contributed by atoms with van der Waals surface area (Å²) in [5, 5.41) is 0. The van der Waals surface area contributed by atoms with Gasteiger partial charge in [-0.1, -0.05) is 12.2 Å². The van der Waals surface area contributed by atoms with Crippen LogP contribution in [0.25, 0.3) is 0 Å². The van der Waals surface area contributed by atoms with Crippen molar-refractivity contribution in [3.63, 3.8) is 0 Å². The van der Waals surface area contributed by atoms with Gasteiger partial charge in [-0.25, -0.2) is 0 Å². The minimum absolute atomic E-state index is 0.539. The van der Waals surface area contributed by atoms with Crippen molar-refractivity contribution < 1.29 is 0 Å². The van der Waals surface area contributed by atoms with Crippen LogP contribution in [0, 0.1) is 0 Å². The largest absolute Gasteiger partial charge is 0.265 e. The zero-order chi connectivity index (χ0) is 5.82. The number of rotatable bonds is 0. The third kappa shape index (κ3) is 1.37. The van der Waals surface area contributed by atoms with Crippen LogP contribution in [0.5, 0.6) is 0 Å². The zero-order valence-electron chi connectivity index (χ0n) is 4.91. The number of nitrogens with zero attached hydrogens (tertiary/aromatic N) is 1. The molecule has 0 saturated heterocycles. The van der Waals surface area contributed by atoms with E-state index in [4.69, 9.17) is 0 Å². The van der Waals surface area contributed by atoms with Gasteiger partial charge in [0.2, 0.25) is 0 Å². The number of hydrogen-bond acceptors (Lipinski definition) is 1. The minimum atomic E-state index is 0.539. The van der Waals surface area contributed by atoms with Crippen LogP contribution in [0.3, 0.4) is 0 Å². The third-order valence-corrected chi connectivity index (χ3v) is 1.06. The van der Waals surface area contributed by atoms with Crippen LogP contribution in [0.4, 0.5) is 0 Å². The first-order valence-corrected chi connectivity index (χ1v) is 2.76. The summed E-state index contributed by atoms with van der Waals surface area (Å²) in [5.74, 6) is 0.539. The fraction of sp³-hybridized carbons (Fsp3) is 0.167. The Morgan fingerprint density at radius 1 is 1.38 bits per heavy atom. The Morgan fingerprint density at radius 2 is 2.25 bits per heavy atom. The molecule has 0 aromatic carbocycles. The van der Waals surface area contributed by atoms with Crippen molar-refractivity contribution in [3.05, 3.63) is 24.4 Å². The normalized spacial score (nSPS) is 25.8. The highest BCUT2D eigenvalue weighted by Crippen LogP contribution is 2.03. The van der Waals surface area contributed by atoms with Crippen LogP contribution in [-0.4, -0.2) is 14.1 Å². The third-order valence-electron chi connectivity index (χ3n) is 1.06.